The van der Waals surface area contributed by atoms with E-state index in [1.807, 2.05) is 18.2 Å². The number of hydrogen-bond donors (Lipinski definition) is 2. The van der Waals surface area contributed by atoms with E-state index in [1.54, 1.807) is 5.48 Å². The number of benzene rings is 2. The first-order chi connectivity index (χ1) is 8.80. The lowest BCUT2D eigenvalue weighted by Gasteiger charge is -2.00. The van der Waals surface area contributed by atoms with E-state index in [4.69, 9.17) is 5.21 Å². The van der Waals surface area contributed by atoms with E-state index in [2.05, 4.69) is 24.3 Å². The zero-order valence-corrected chi connectivity index (χ0v) is 10.2. The van der Waals surface area contributed by atoms with Crippen molar-refractivity contribution < 1.29 is 10.0 Å². The van der Waals surface area contributed by atoms with Crippen molar-refractivity contribution in [1.29, 1.82) is 0 Å². The zero-order chi connectivity index (χ0) is 13.0. The molecule has 3 nitrogen and oxygen atoms in total. The zero-order valence-electron chi connectivity index (χ0n) is 10.2. The predicted octanol–water partition coefficient (Wildman–Crippen LogP) is 2.67. The Balaban J connectivity index is 0.000000367. The second kappa shape index (κ2) is 5.58. The fraction of sp³-hybridized carbons (Fsp3) is 0.133. The topological polar surface area (TPSA) is 49.3 Å². The first kappa shape index (κ1) is 12.5. The van der Waals surface area contributed by atoms with Gasteiger partial charge in [-0.3, -0.25) is 4.79 Å². The molecule has 0 radical (unpaired) electrons. The molecule has 0 heterocycles. The fourth-order valence-electron chi connectivity index (χ4n) is 2.24. The highest BCUT2D eigenvalue weighted by molar-refractivity contribution is 5.82. The lowest BCUT2D eigenvalue weighted by atomic mass is 10.0. The quantitative estimate of drug-likeness (QED) is 0.508. The second-order valence-corrected chi connectivity index (χ2v) is 4.09. The van der Waals surface area contributed by atoms with Gasteiger partial charge >= 0.3 is 0 Å². The van der Waals surface area contributed by atoms with Gasteiger partial charge in [-0.15, -0.1) is 0 Å². The minimum absolute atomic E-state index is 0.765. The Hall–Kier alpha value is -1.97. The smallest absolute Gasteiger partial charge is 0.150 e. The molecule has 2 aromatic carbocycles. The summed E-state index contributed by atoms with van der Waals surface area (Å²) in [7, 11) is 1.43. The van der Waals surface area contributed by atoms with Crippen LogP contribution in [0.25, 0.3) is 11.1 Å². The Kier molecular flexibility index (Phi) is 3.87. The number of hydroxylamine groups is 1. The van der Waals surface area contributed by atoms with E-state index in [9.17, 15) is 4.79 Å². The Morgan fingerprint density at radius 2 is 1.78 bits per heavy atom. The van der Waals surface area contributed by atoms with E-state index >= 15 is 0 Å². The van der Waals surface area contributed by atoms with Gasteiger partial charge in [0.2, 0.25) is 0 Å². The van der Waals surface area contributed by atoms with Crippen molar-refractivity contribution in [3.8, 4) is 11.1 Å². The Labute approximate surface area is 106 Å². The Morgan fingerprint density at radius 3 is 2.50 bits per heavy atom. The summed E-state index contributed by atoms with van der Waals surface area (Å²) in [6, 6.07) is 14.3. The normalized spacial score (nSPS) is 11.0. The van der Waals surface area contributed by atoms with E-state index in [-0.39, 0.29) is 0 Å². The van der Waals surface area contributed by atoms with Gasteiger partial charge in [-0.1, -0.05) is 36.4 Å². The number of rotatable bonds is 1. The van der Waals surface area contributed by atoms with Crippen molar-refractivity contribution >= 4 is 6.29 Å². The number of hydrogen-bond acceptors (Lipinski definition) is 3. The summed E-state index contributed by atoms with van der Waals surface area (Å²) in [6.45, 7) is 0. The molecule has 3 rings (SSSR count). The molecule has 0 spiro atoms. The maximum atomic E-state index is 10.7. The van der Waals surface area contributed by atoms with Crippen molar-refractivity contribution in [3.63, 3.8) is 0 Å². The first-order valence-electron chi connectivity index (χ1n) is 5.77. The summed E-state index contributed by atoms with van der Waals surface area (Å²) in [5, 5.41) is 7.32. The minimum atomic E-state index is 0.765. The molecule has 0 bridgehead atoms. The van der Waals surface area contributed by atoms with E-state index < -0.39 is 0 Å². The van der Waals surface area contributed by atoms with Gasteiger partial charge in [0.1, 0.15) is 6.29 Å². The summed E-state index contributed by atoms with van der Waals surface area (Å²) in [5.74, 6) is 0. The maximum Gasteiger partial charge on any atom is 0.150 e. The van der Waals surface area contributed by atoms with Gasteiger partial charge in [-0.25, -0.2) is 5.48 Å². The number of carbonyl (C=O) groups excluding carboxylic acids is 1. The van der Waals surface area contributed by atoms with Crippen molar-refractivity contribution in [1.82, 2.24) is 5.48 Å². The highest BCUT2D eigenvalue weighted by Gasteiger charge is 2.17. The number of aldehydes is 1. The molecule has 18 heavy (non-hydrogen) atoms. The van der Waals surface area contributed by atoms with Crippen LogP contribution in [0.4, 0.5) is 0 Å². The molecule has 2 N–H and O–H groups in total. The summed E-state index contributed by atoms with van der Waals surface area (Å²) < 4.78 is 0. The molecular weight excluding hydrogens is 226 g/mol. The average Bonchev–Trinajstić information content (AvgIpc) is 2.77. The molecule has 0 unspecified atom stereocenters. The molecule has 0 aliphatic heterocycles. The monoisotopic (exact) mass is 241 g/mol. The minimum Gasteiger partial charge on any atom is -0.317 e. The molecule has 3 heteroatoms. The molecule has 2 aromatic rings. The molecule has 1 aliphatic rings. The van der Waals surface area contributed by atoms with Crippen LogP contribution in [0.2, 0.25) is 0 Å². The molecule has 0 aromatic heterocycles. The standard InChI is InChI=1S/C14H10O.CH5NO/c15-9-10-5-6-14-12(7-10)8-11-3-1-2-4-13(11)14;1-2-3/h1-7,9H,8H2;2-3H,1H3. The number of carbonyl (C=O) groups is 1. The van der Waals surface area contributed by atoms with E-state index in [0.29, 0.717) is 0 Å². The van der Waals surface area contributed by atoms with Crippen LogP contribution in [-0.4, -0.2) is 18.5 Å². The van der Waals surface area contributed by atoms with Crippen LogP contribution < -0.4 is 5.48 Å². The van der Waals surface area contributed by atoms with Crippen LogP contribution in [0, 0.1) is 0 Å². The van der Waals surface area contributed by atoms with Gasteiger partial charge < -0.3 is 5.21 Å². The largest absolute Gasteiger partial charge is 0.317 e. The lowest BCUT2D eigenvalue weighted by molar-refractivity contribution is 0.112. The van der Waals surface area contributed by atoms with Gasteiger partial charge in [0.15, 0.2) is 0 Å². The van der Waals surface area contributed by atoms with E-state index in [1.165, 1.54) is 29.3 Å². The van der Waals surface area contributed by atoms with Gasteiger partial charge in [0.05, 0.1) is 0 Å². The van der Waals surface area contributed by atoms with Crippen molar-refractivity contribution in [2.75, 3.05) is 7.05 Å². The highest BCUT2D eigenvalue weighted by atomic mass is 16.5. The molecule has 0 atom stereocenters. The van der Waals surface area contributed by atoms with Crippen molar-refractivity contribution in [2.45, 2.75) is 6.42 Å². The predicted molar refractivity (Wildman–Crippen MR) is 70.9 cm³/mol. The van der Waals surface area contributed by atoms with Crippen LogP contribution in [0.3, 0.4) is 0 Å². The molecular formula is C15H15NO2. The van der Waals surface area contributed by atoms with Crippen molar-refractivity contribution in [3.05, 3.63) is 59.2 Å². The van der Waals surface area contributed by atoms with Gasteiger partial charge in [0, 0.05) is 12.6 Å². The van der Waals surface area contributed by atoms with Crippen molar-refractivity contribution in [2.24, 2.45) is 0 Å². The molecule has 0 saturated heterocycles. The third-order valence-corrected chi connectivity index (χ3v) is 2.95. The number of fused-ring (bicyclic) bond motifs is 3. The van der Waals surface area contributed by atoms with Gasteiger partial charge in [0.25, 0.3) is 0 Å². The van der Waals surface area contributed by atoms with Gasteiger partial charge in [-0.2, -0.15) is 0 Å². The molecule has 0 amide bonds. The third-order valence-electron chi connectivity index (χ3n) is 2.95. The lowest BCUT2D eigenvalue weighted by Crippen LogP contribution is -1.91. The molecule has 1 aliphatic carbocycles. The Bertz CT molecular complexity index is 564. The van der Waals surface area contributed by atoms with Crippen LogP contribution in [0.1, 0.15) is 21.5 Å². The summed E-state index contributed by atoms with van der Waals surface area (Å²) >= 11 is 0. The first-order valence-corrected chi connectivity index (χ1v) is 5.77. The summed E-state index contributed by atoms with van der Waals surface area (Å²) in [4.78, 5) is 10.7. The highest BCUT2D eigenvalue weighted by Crippen LogP contribution is 2.36. The second-order valence-electron chi connectivity index (χ2n) is 4.09. The number of nitrogens with one attached hydrogen (secondary N) is 1. The summed E-state index contributed by atoms with van der Waals surface area (Å²) in [5.41, 5.74) is 7.72. The molecule has 0 saturated carbocycles. The molecule has 92 valence electrons. The van der Waals surface area contributed by atoms with Crippen LogP contribution in [0.15, 0.2) is 42.5 Å². The average molecular weight is 241 g/mol. The fourth-order valence-corrected chi connectivity index (χ4v) is 2.24. The molecule has 0 fully saturated rings. The van der Waals surface area contributed by atoms with Gasteiger partial charge in [-0.05, 0) is 34.7 Å². The van der Waals surface area contributed by atoms with Crippen LogP contribution in [-0.2, 0) is 6.42 Å². The maximum absolute atomic E-state index is 10.7. The van der Waals surface area contributed by atoms with Crippen LogP contribution >= 0.6 is 0 Å². The Morgan fingerprint density at radius 1 is 1.11 bits per heavy atom. The van der Waals surface area contributed by atoms with E-state index in [0.717, 1.165) is 18.3 Å². The SMILES string of the molecule is CNO.O=Cc1ccc2c(c1)Cc1ccccc1-2. The summed E-state index contributed by atoms with van der Waals surface area (Å²) in [6.07, 6.45) is 1.86. The third kappa shape index (κ3) is 2.32. The van der Waals surface area contributed by atoms with Crippen LogP contribution in [0.5, 0.6) is 0 Å².